The lowest BCUT2D eigenvalue weighted by atomic mass is 9.96. The van der Waals surface area contributed by atoms with E-state index in [-0.39, 0.29) is 30.1 Å². The number of hydrogen-bond donors (Lipinski definition) is 1. The number of nitrogens with zero attached hydrogens (tertiary/aromatic N) is 5. The largest absolute Gasteiger partial charge is 0.342 e. The van der Waals surface area contributed by atoms with Crippen molar-refractivity contribution in [3.63, 3.8) is 0 Å². The lowest BCUT2D eigenvalue weighted by molar-refractivity contribution is -0.131. The number of carbonyl (C=O) groups excluding carboxylic acids is 2. The number of aryl methyl sites for hydroxylation is 1. The molecule has 2 aromatic rings. The van der Waals surface area contributed by atoms with E-state index in [2.05, 4.69) is 25.1 Å². The number of amides is 2. The Bertz CT molecular complexity index is 874. The van der Waals surface area contributed by atoms with Crippen LogP contribution < -0.4 is 5.32 Å². The molecular weight excluding hydrogens is 376 g/mol. The molecule has 8 nitrogen and oxygen atoms in total. The minimum Gasteiger partial charge on any atom is -0.342 e. The van der Waals surface area contributed by atoms with Gasteiger partial charge in [-0.25, -0.2) is 4.98 Å². The molecule has 4 rings (SSSR count). The van der Waals surface area contributed by atoms with Crippen molar-refractivity contribution < 1.29 is 9.59 Å². The second kappa shape index (κ2) is 7.98. The number of rotatable bonds is 5. The SMILES string of the molecule is CC(C)C(=O)Nc1nc(CC(=O)N2CCC[C@@H](c3nnc4n3CCC4)C2)cs1. The Morgan fingerprint density at radius 3 is 2.96 bits per heavy atom. The number of likely N-dealkylation sites (tertiary alicyclic amines) is 1. The Balaban J connectivity index is 1.37. The van der Waals surface area contributed by atoms with Crippen LogP contribution in [0.15, 0.2) is 5.38 Å². The summed E-state index contributed by atoms with van der Waals surface area (Å²) in [5, 5.41) is 13.9. The average molecular weight is 403 g/mol. The van der Waals surface area contributed by atoms with Gasteiger partial charge in [0.15, 0.2) is 5.13 Å². The maximum Gasteiger partial charge on any atom is 0.228 e. The number of nitrogens with one attached hydrogen (secondary N) is 1. The molecule has 0 bridgehead atoms. The topological polar surface area (TPSA) is 93.0 Å². The van der Waals surface area contributed by atoms with E-state index >= 15 is 0 Å². The van der Waals surface area contributed by atoms with Gasteiger partial charge in [0.1, 0.15) is 11.6 Å². The van der Waals surface area contributed by atoms with Gasteiger partial charge in [0, 0.05) is 43.3 Å². The highest BCUT2D eigenvalue weighted by Gasteiger charge is 2.30. The first-order valence-electron chi connectivity index (χ1n) is 9.96. The highest BCUT2D eigenvalue weighted by molar-refractivity contribution is 7.13. The number of aromatic nitrogens is 4. The third-order valence-corrected chi connectivity index (χ3v) is 6.22. The minimum atomic E-state index is -0.0992. The molecule has 1 fully saturated rings. The Hall–Kier alpha value is -2.29. The van der Waals surface area contributed by atoms with E-state index < -0.39 is 0 Å². The standard InChI is InChI=1S/C19H26N6O2S/c1-12(2)18(27)21-19-20-14(11-28-19)9-16(26)24-7-3-5-13(10-24)17-23-22-15-6-4-8-25(15)17/h11-13H,3-10H2,1-2H3,(H,20,21,27)/t13-/m1/s1. The van der Waals surface area contributed by atoms with Gasteiger partial charge in [0.25, 0.3) is 0 Å². The van der Waals surface area contributed by atoms with Crippen molar-refractivity contribution >= 4 is 28.3 Å². The molecule has 1 N–H and O–H groups in total. The van der Waals surface area contributed by atoms with Crippen LogP contribution in [0.3, 0.4) is 0 Å². The molecule has 0 unspecified atom stereocenters. The molecule has 0 aromatic carbocycles. The number of hydrogen-bond acceptors (Lipinski definition) is 6. The molecule has 28 heavy (non-hydrogen) atoms. The molecule has 1 atom stereocenters. The van der Waals surface area contributed by atoms with E-state index in [0.717, 1.165) is 50.4 Å². The molecule has 2 aromatic heterocycles. The van der Waals surface area contributed by atoms with Crippen molar-refractivity contribution in [2.24, 2.45) is 5.92 Å². The fourth-order valence-corrected chi connectivity index (χ4v) is 4.56. The van der Waals surface area contributed by atoms with Crippen LogP contribution in [-0.2, 0) is 29.0 Å². The van der Waals surface area contributed by atoms with Crippen LogP contribution in [-0.4, -0.2) is 49.6 Å². The van der Waals surface area contributed by atoms with Gasteiger partial charge >= 0.3 is 0 Å². The second-order valence-corrected chi connectivity index (χ2v) is 8.73. The summed E-state index contributed by atoms with van der Waals surface area (Å²) in [5.41, 5.74) is 0.708. The number of carbonyl (C=O) groups is 2. The Labute approximate surface area is 168 Å². The quantitative estimate of drug-likeness (QED) is 0.828. The normalized spacial score (nSPS) is 19.1. The van der Waals surface area contributed by atoms with Crippen molar-refractivity contribution in [3.8, 4) is 0 Å². The minimum absolute atomic E-state index is 0.0630. The van der Waals surface area contributed by atoms with Gasteiger partial charge < -0.3 is 14.8 Å². The Morgan fingerprint density at radius 1 is 1.29 bits per heavy atom. The van der Waals surface area contributed by atoms with E-state index in [1.54, 1.807) is 0 Å². The lowest BCUT2D eigenvalue weighted by Gasteiger charge is -2.32. The predicted molar refractivity (Wildman–Crippen MR) is 106 cm³/mol. The van der Waals surface area contributed by atoms with Crippen LogP contribution in [0.1, 0.15) is 56.4 Å². The summed E-state index contributed by atoms with van der Waals surface area (Å²) in [7, 11) is 0. The van der Waals surface area contributed by atoms with Crippen LogP contribution in [0.5, 0.6) is 0 Å². The van der Waals surface area contributed by atoms with E-state index in [1.165, 1.54) is 11.3 Å². The smallest absolute Gasteiger partial charge is 0.228 e. The van der Waals surface area contributed by atoms with Crippen molar-refractivity contribution in [1.29, 1.82) is 0 Å². The molecule has 1 saturated heterocycles. The summed E-state index contributed by atoms with van der Waals surface area (Å²) in [6.45, 7) is 6.14. The van der Waals surface area contributed by atoms with E-state index in [0.29, 0.717) is 17.4 Å². The summed E-state index contributed by atoms with van der Waals surface area (Å²) in [6.07, 6.45) is 4.42. The second-order valence-electron chi connectivity index (χ2n) is 7.87. The predicted octanol–water partition coefficient (Wildman–Crippen LogP) is 2.22. The van der Waals surface area contributed by atoms with Crippen molar-refractivity contribution in [2.75, 3.05) is 18.4 Å². The Kier molecular flexibility index (Phi) is 5.43. The molecule has 0 aliphatic carbocycles. The van der Waals surface area contributed by atoms with E-state index in [9.17, 15) is 9.59 Å². The molecular formula is C19H26N6O2S. The monoisotopic (exact) mass is 402 g/mol. The lowest BCUT2D eigenvalue weighted by Crippen LogP contribution is -2.40. The van der Waals surface area contributed by atoms with Crippen LogP contribution in [0, 0.1) is 5.92 Å². The zero-order valence-electron chi connectivity index (χ0n) is 16.3. The summed E-state index contributed by atoms with van der Waals surface area (Å²) in [6, 6.07) is 0. The van der Waals surface area contributed by atoms with Gasteiger partial charge in [-0.05, 0) is 19.3 Å². The fraction of sp³-hybridized carbons (Fsp3) is 0.632. The first-order valence-corrected chi connectivity index (χ1v) is 10.8. The zero-order chi connectivity index (χ0) is 19.7. The zero-order valence-corrected chi connectivity index (χ0v) is 17.2. The molecule has 2 aliphatic heterocycles. The van der Waals surface area contributed by atoms with Gasteiger partial charge in [-0.15, -0.1) is 21.5 Å². The molecule has 4 heterocycles. The number of thiazole rings is 1. The van der Waals surface area contributed by atoms with Gasteiger partial charge in [-0.1, -0.05) is 13.8 Å². The maximum absolute atomic E-state index is 12.8. The summed E-state index contributed by atoms with van der Waals surface area (Å²) in [5.74, 6) is 2.30. The number of fused-ring (bicyclic) bond motifs is 1. The van der Waals surface area contributed by atoms with E-state index in [4.69, 9.17) is 0 Å². The van der Waals surface area contributed by atoms with Crippen molar-refractivity contribution in [3.05, 3.63) is 22.7 Å². The van der Waals surface area contributed by atoms with Crippen LogP contribution in [0.4, 0.5) is 5.13 Å². The number of anilines is 1. The summed E-state index contributed by atoms with van der Waals surface area (Å²) in [4.78, 5) is 30.9. The molecule has 2 amide bonds. The van der Waals surface area contributed by atoms with Crippen molar-refractivity contribution in [1.82, 2.24) is 24.6 Å². The summed E-state index contributed by atoms with van der Waals surface area (Å²) < 4.78 is 2.24. The maximum atomic E-state index is 12.8. The molecule has 9 heteroatoms. The fourth-order valence-electron chi connectivity index (χ4n) is 3.85. The molecule has 0 spiro atoms. The molecule has 2 aliphatic rings. The Morgan fingerprint density at radius 2 is 2.14 bits per heavy atom. The molecule has 150 valence electrons. The molecule has 0 radical (unpaired) electrons. The number of piperidine rings is 1. The highest BCUT2D eigenvalue weighted by atomic mass is 32.1. The average Bonchev–Trinajstić information content (AvgIpc) is 3.39. The van der Waals surface area contributed by atoms with E-state index in [1.807, 2.05) is 24.1 Å². The van der Waals surface area contributed by atoms with Gasteiger partial charge in [-0.3, -0.25) is 9.59 Å². The van der Waals surface area contributed by atoms with Crippen LogP contribution in [0.2, 0.25) is 0 Å². The molecule has 0 saturated carbocycles. The van der Waals surface area contributed by atoms with Crippen LogP contribution in [0.25, 0.3) is 0 Å². The van der Waals surface area contributed by atoms with Crippen molar-refractivity contribution in [2.45, 2.75) is 58.4 Å². The third-order valence-electron chi connectivity index (χ3n) is 5.42. The highest BCUT2D eigenvalue weighted by Crippen LogP contribution is 2.29. The van der Waals surface area contributed by atoms with Gasteiger partial charge in [0.05, 0.1) is 12.1 Å². The third kappa shape index (κ3) is 3.94. The van der Waals surface area contributed by atoms with Gasteiger partial charge in [0.2, 0.25) is 11.8 Å². The first-order chi connectivity index (χ1) is 13.5. The van der Waals surface area contributed by atoms with Crippen LogP contribution >= 0.6 is 11.3 Å². The first kappa shape index (κ1) is 19.0. The summed E-state index contributed by atoms with van der Waals surface area (Å²) >= 11 is 1.36. The van der Waals surface area contributed by atoms with Gasteiger partial charge in [-0.2, -0.15) is 0 Å².